The quantitative estimate of drug-likeness (QED) is 0.805. The van der Waals surface area contributed by atoms with Gasteiger partial charge in [0, 0.05) is 23.8 Å². The lowest BCUT2D eigenvalue weighted by molar-refractivity contribution is 0.601. The number of aryl methyl sites for hydroxylation is 1. The summed E-state index contributed by atoms with van der Waals surface area (Å²) in [4.78, 5) is 4.24. The number of sulfonamides is 1. The van der Waals surface area contributed by atoms with Crippen LogP contribution in [0, 0.1) is 6.92 Å². The van der Waals surface area contributed by atoms with Crippen LogP contribution in [0.15, 0.2) is 72.1 Å². The highest BCUT2D eigenvalue weighted by Gasteiger charge is 2.14. The molecule has 0 aliphatic heterocycles. The summed E-state index contributed by atoms with van der Waals surface area (Å²) in [5, 5.41) is 0. The van der Waals surface area contributed by atoms with Crippen LogP contribution in [0.3, 0.4) is 0 Å². The van der Waals surface area contributed by atoms with Gasteiger partial charge in [0.2, 0.25) is 0 Å². The average Bonchev–Trinajstić information content (AvgIpc) is 3.02. The molecule has 0 saturated heterocycles. The van der Waals surface area contributed by atoms with Gasteiger partial charge < -0.3 is 4.57 Å². The van der Waals surface area contributed by atoms with Crippen LogP contribution >= 0.6 is 0 Å². The van der Waals surface area contributed by atoms with Gasteiger partial charge in [0.15, 0.2) is 0 Å². The monoisotopic (exact) mass is 313 g/mol. The molecule has 22 heavy (non-hydrogen) atoms. The van der Waals surface area contributed by atoms with Crippen molar-refractivity contribution in [3.8, 4) is 5.69 Å². The molecule has 1 heterocycles. The van der Waals surface area contributed by atoms with Crippen LogP contribution in [0.5, 0.6) is 0 Å². The molecule has 0 radical (unpaired) electrons. The highest BCUT2D eigenvalue weighted by atomic mass is 32.2. The molecule has 5 nitrogen and oxygen atoms in total. The second-order valence-corrected chi connectivity index (χ2v) is 6.62. The number of imidazole rings is 1. The van der Waals surface area contributed by atoms with Crippen molar-refractivity contribution in [3.05, 3.63) is 72.8 Å². The Morgan fingerprint density at radius 1 is 1.09 bits per heavy atom. The van der Waals surface area contributed by atoms with E-state index in [0.29, 0.717) is 5.69 Å². The Kier molecular flexibility index (Phi) is 3.68. The average molecular weight is 313 g/mol. The van der Waals surface area contributed by atoms with Crippen molar-refractivity contribution in [2.24, 2.45) is 0 Å². The van der Waals surface area contributed by atoms with Crippen molar-refractivity contribution >= 4 is 15.7 Å². The largest absolute Gasteiger partial charge is 0.306 e. The molecule has 0 saturated carbocycles. The Bertz CT molecular complexity index is 870. The minimum absolute atomic E-state index is 0.256. The van der Waals surface area contributed by atoms with Gasteiger partial charge in [-0.2, -0.15) is 0 Å². The van der Waals surface area contributed by atoms with Crippen molar-refractivity contribution in [1.29, 1.82) is 0 Å². The molecular formula is C16H15N3O2S. The number of aromatic nitrogens is 2. The van der Waals surface area contributed by atoms with Gasteiger partial charge in [0.1, 0.15) is 0 Å². The van der Waals surface area contributed by atoms with Gasteiger partial charge in [-0.05, 0) is 48.9 Å². The number of hydrogen-bond acceptors (Lipinski definition) is 3. The van der Waals surface area contributed by atoms with Crippen LogP contribution in [0.25, 0.3) is 5.69 Å². The van der Waals surface area contributed by atoms with E-state index in [9.17, 15) is 8.42 Å². The van der Waals surface area contributed by atoms with E-state index in [-0.39, 0.29) is 4.90 Å². The Labute approximate surface area is 129 Å². The third-order valence-corrected chi connectivity index (χ3v) is 4.60. The van der Waals surface area contributed by atoms with E-state index in [4.69, 9.17) is 0 Å². The van der Waals surface area contributed by atoms with Gasteiger partial charge in [0.25, 0.3) is 10.0 Å². The molecule has 2 aromatic carbocycles. The van der Waals surface area contributed by atoms with E-state index in [1.54, 1.807) is 42.9 Å². The normalized spacial score (nSPS) is 11.3. The van der Waals surface area contributed by atoms with Gasteiger partial charge in [-0.3, -0.25) is 4.72 Å². The fraction of sp³-hybridized carbons (Fsp3) is 0.0625. The molecule has 0 aliphatic rings. The lowest BCUT2D eigenvalue weighted by Gasteiger charge is -2.09. The zero-order chi connectivity index (χ0) is 15.6. The topological polar surface area (TPSA) is 64.0 Å². The van der Waals surface area contributed by atoms with Crippen LogP contribution in [0.4, 0.5) is 5.69 Å². The summed E-state index contributed by atoms with van der Waals surface area (Å²) in [6.07, 6.45) is 5.20. The third-order valence-electron chi connectivity index (χ3n) is 3.22. The second kappa shape index (κ2) is 5.65. The van der Waals surface area contributed by atoms with E-state index < -0.39 is 10.0 Å². The molecule has 0 spiro atoms. The van der Waals surface area contributed by atoms with Crippen LogP contribution in [0.2, 0.25) is 0 Å². The van der Waals surface area contributed by atoms with E-state index in [1.165, 1.54) is 0 Å². The first kappa shape index (κ1) is 14.3. The third kappa shape index (κ3) is 3.01. The summed E-state index contributed by atoms with van der Waals surface area (Å²) in [5.74, 6) is 0. The van der Waals surface area contributed by atoms with E-state index in [2.05, 4.69) is 9.71 Å². The smallest absolute Gasteiger partial charge is 0.261 e. The van der Waals surface area contributed by atoms with E-state index in [0.717, 1.165) is 11.3 Å². The summed E-state index contributed by atoms with van der Waals surface area (Å²) in [6.45, 7) is 1.86. The van der Waals surface area contributed by atoms with Crippen LogP contribution in [-0.4, -0.2) is 18.0 Å². The molecule has 6 heteroatoms. The minimum Gasteiger partial charge on any atom is -0.306 e. The van der Waals surface area contributed by atoms with E-state index >= 15 is 0 Å². The maximum atomic E-state index is 12.3. The molecule has 3 aromatic rings. The second-order valence-electron chi connectivity index (χ2n) is 4.94. The molecule has 0 bridgehead atoms. The first-order valence-electron chi connectivity index (χ1n) is 6.72. The fourth-order valence-electron chi connectivity index (χ4n) is 2.11. The van der Waals surface area contributed by atoms with Crippen LogP contribution < -0.4 is 4.72 Å². The molecule has 1 aromatic heterocycles. The lowest BCUT2D eigenvalue weighted by atomic mass is 10.2. The number of anilines is 1. The van der Waals surface area contributed by atoms with Crippen molar-refractivity contribution < 1.29 is 8.42 Å². The zero-order valence-corrected chi connectivity index (χ0v) is 12.8. The summed E-state index contributed by atoms with van der Waals surface area (Å²) in [5.41, 5.74) is 2.33. The SMILES string of the molecule is Cc1cccc(S(=O)(=O)Nc2ccc(-n3ccnc3)cc2)c1. The Balaban J connectivity index is 1.84. The molecule has 3 rings (SSSR count). The van der Waals surface area contributed by atoms with Gasteiger partial charge in [0.05, 0.1) is 11.2 Å². The molecule has 0 atom stereocenters. The van der Waals surface area contributed by atoms with Crippen LogP contribution in [0.1, 0.15) is 5.56 Å². The number of hydrogen-bond donors (Lipinski definition) is 1. The Hall–Kier alpha value is -2.60. The predicted molar refractivity (Wildman–Crippen MR) is 85.6 cm³/mol. The van der Waals surface area contributed by atoms with Crippen LogP contribution in [-0.2, 0) is 10.0 Å². The number of nitrogens with zero attached hydrogens (tertiary/aromatic N) is 2. The maximum Gasteiger partial charge on any atom is 0.261 e. The first-order valence-corrected chi connectivity index (χ1v) is 8.21. The lowest BCUT2D eigenvalue weighted by Crippen LogP contribution is -2.13. The zero-order valence-electron chi connectivity index (χ0n) is 12.0. The van der Waals surface area contributed by atoms with Gasteiger partial charge in [-0.25, -0.2) is 13.4 Å². The Morgan fingerprint density at radius 2 is 1.86 bits per heavy atom. The van der Waals surface area contributed by atoms with Gasteiger partial charge in [-0.15, -0.1) is 0 Å². The molecule has 0 unspecified atom stereocenters. The molecular weight excluding hydrogens is 298 g/mol. The predicted octanol–water partition coefficient (Wildman–Crippen LogP) is 2.98. The summed E-state index contributed by atoms with van der Waals surface area (Å²) >= 11 is 0. The molecule has 112 valence electrons. The van der Waals surface area contributed by atoms with Crippen molar-refractivity contribution in [2.45, 2.75) is 11.8 Å². The maximum absolute atomic E-state index is 12.3. The summed E-state index contributed by atoms with van der Waals surface area (Å²) in [6, 6.07) is 13.9. The molecule has 0 aliphatic carbocycles. The van der Waals surface area contributed by atoms with Crippen molar-refractivity contribution in [2.75, 3.05) is 4.72 Å². The number of benzene rings is 2. The summed E-state index contributed by atoms with van der Waals surface area (Å²) in [7, 11) is -3.57. The van der Waals surface area contributed by atoms with E-state index in [1.807, 2.05) is 35.9 Å². The molecule has 0 fully saturated rings. The van der Waals surface area contributed by atoms with Crippen molar-refractivity contribution in [3.63, 3.8) is 0 Å². The molecule has 1 N–H and O–H groups in total. The highest BCUT2D eigenvalue weighted by Crippen LogP contribution is 2.18. The fourth-order valence-corrected chi connectivity index (χ4v) is 3.27. The Morgan fingerprint density at radius 3 is 2.50 bits per heavy atom. The summed E-state index contributed by atoms with van der Waals surface area (Å²) < 4.78 is 29.1. The van der Waals surface area contributed by atoms with Crippen molar-refractivity contribution in [1.82, 2.24) is 9.55 Å². The highest BCUT2D eigenvalue weighted by molar-refractivity contribution is 7.92. The first-order chi connectivity index (χ1) is 10.5. The standard InChI is InChI=1S/C16H15N3O2S/c1-13-3-2-4-16(11-13)22(20,21)18-14-5-7-15(8-6-14)19-10-9-17-12-19/h2-12,18H,1H3. The minimum atomic E-state index is -3.57. The van der Waals surface area contributed by atoms with Gasteiger partial charge >= 0.3 is 0 Å². The molecule has 0 amide bonds. The van der Waals surface area contributed by atoms with Gasteiger partial charge in [-0.1, -0.05) is 12.1 Å². The number of nitrogens with one attached hydrogen (secondary N) is 1. The number of rotatable bonds is 4.